The first-order valence-corrected chi connectivity index (χ1v) is 11.3. The first-order valence-electron chi connectivity index (χ1n) is 10.8. The van der Waals surface area contributed by atoms with Crippen molar-refractivity contribution in [3.8, 4) is 11.5 Å². The van der Waals surface area contributed by atoms with E-state index in [0.717, 1.165) is 22.9 Å². The van der Waals surface area contributed by atoms with Gasteiger partial charge in [-0.3, -0.25) is 0 Å². The Morgan fingerprint density at radius 1 is 0.939 bits per heavy atom. The monoisotopic (exact) mass is 466 g/mol. The Hall–Kier alpha value is -3.31. The SMILES string of the molecule is C=CCOc1ccc2cc(C(=O)Oc3ccc(C(=O)OC[C@@H](Cl)[C@@H](C)CC)cc3)ccc2c1. The molecule has 0 aliphatic rings. The zero-order chi connectivity index (χ0) is 23.8. The molecule has 172 valence electrons. The normalized spacial score (nSPS) is 12.6. The number of carbonyl (C=O) groups excluding carboxylic acids is 2. The standard InChI is InChI=1S/C27H27ClO5/c1-4-14-31-24-13-10-20-15-22(7-6-21(20)16-24)27(30)33-23-11-8-19(9-12-23)26(29)32-17-25(28)18(3)5-2/h4,6-13,15-16,18,25H,1,5,14,17H2,2-3H3/t18-,25+/m0/s1. The summed E-state index contributed by atoms with van der Waals surface area (Å²) in [6.07, 6.45) is 2.59. The molecule has 0 radical (unpaired) electrons. The summed E-state index contributed by atoms with van der Waals surface area (Å²) >= 11 is 6.22. The predicted molar refractivity (Wildman–Crippen MR) is 130 cm³/mol. The first kappa shape index (κ1) is 24.3. The molecule has 3 aromatic carbocycles. The highest BCUT2D eigenvalue weighted by Crippen LogP contribution is 2.23. The molecule has 0 aliphatic heterocycles. The van der Waals surface area contributed by atoms with Crippen LogP contribution in [0.2, 0.25) is 0 Å². The molecule has 0 saturated heterocycles. The lowest BCUT2D eigenvalue weighted by Gasteiger charge is -2.16. The summed E-state index contributed by atoms with van der Waals surface area (Å²) in [6.45, 7) is 8.26. The van der Waals surface area contributed by atoms with E-state index < -0.39 is 11.9 Å². The summed E-state index contributed by atoms with van der Waals surface area (Å²) in [6, 6.07) is 17.2. The Morgan fingerprint density at radius 3 is 2.27 bits per heavy atom. The van der Waals surface area contributed by atoms with E-state index in [1.165, 1.54) is 0 Å². The van der Waals surface area contributed by atoms with Crippen LogP contribution in [0.4, 0.5) is 0 Å². The van der Waals surface area contributed by atoms with Crippen LogP contribution in [-0.4, -0.2) is 30.5 Å². The van der Waals surface area contributed by atoms with Gasteiger partial charge < -0.3 is 14.2 Å². The molecule has 0 aliphatic carbocycles. The van der Waals surface area contributed by atoms with Gasteiger partial charge in [0.15, 0.2) is 0 Å². The van der Waals surface area contributed by atoms with E-state index in [1.807, 2.05) is 38.1 Å². The fourth-order valence-corrected chi connectivity index (χ4v) is 3.32. The van der Waals surface area contributed by atoms with Crippen molar-refractivity contribution in [2.45, 2.75) is 25.6 Å². The quantitative estimate of drug-likeness (QED) is 0.149. The van der Waals surface area contributed by atoms with Crippen LogP contribution in [0, 0.1) is 5.92 Å². The van der Waals surface area contributed by atoms with Crippen molar-refractivity contribution in [1.29, 1.82) is 0 Å². The number of alkyl halides is 1. The van der Waals surface area contributed by atoms with Crippen LogP contribution < -0.4 is 9.47 Å². The number of fused-ring (bicyclic) bond motifs is 1. The third-order valence-electron chi connectivity index (χ3n) is 5.35. The van der Waals surface area contributed by atoms with Crippen molar-refractivity contribution in [3.05, 3.63) is 84.4 Å². The minimum Gasteiger partial charge on any atom is -0.490 e. The zero-order valence-electron chi connectivity index (χ0n) is 18.8. The summed E-state index contributed by atoms with van der Waals surface area (Å²) in [5, 5.41) is 1.61. The highest BCUT2D eigenvalue weighted by Gasteiger charge is 2.16. The summed E-state index contributed by atoms with van der Waals surface area (Å²) < 4.78 is 16.3. The van der Waals surface area contributed by atoms with Gasteiger partial charge in [0.25, 0.3) is 0 Å². The minimum atomic E-state index is -0.488. The van der Waals surface area contributed by atoms with Crippen molar-refractivity contribution < 1.29 is 23.8 Å². The Morgan fingerprint density at radius 2 is 1.58 bits per heavy atom. The van der Waals surface area contributed by atoms with E-state index in [1.54, 1.807) is 42.5 Å². The molecule has 0 unspecified atom stereocenters. The van der Waals surface area contributed by atoms with Crippen LogP contribution in [0.1, 0.15) is 41.0 Å². The minimum absolute atomic E-state index is 0.149. The maximum Gasteiger partial charge on any atom is 0.343 e. The van der Waals surface area contributed by atoms with E-state index in [2.05, 4.69) is 6.58 Å². The van der Waals surface area contributed by atoms with Crippen molar-refractivity contribution >= 4 is 34.3 Å². The van der Waals surface area contributed by atoms with Crippen molar-refractivity contribution in [3.63, 3.8) is 0 Å². The molecule has 0 aromatic heterocycles. The molecule has 5 nitrogen and oxygen atoms in total. The Kier molecular flexibility index (Phi) is 8.50. The number of benzene rings is 3. The third kappa shape index (κ3) is 6.59. The van der Waals surface area contributed by atoms with Gasteiger partial charge in [-0.25, -0.2) is 9.59 Å². The molecular weight excluding hydrogens is 440 g/mol. The van der Waals surface area contributed by atoms with Gasteiger partial charge >= 0.3 is 11.9 Å². The van der Waals surface area contributed by atoms with Crippen LogP contribution in [0.15, 0.2) is 73.3 Å². The lowest BCUT2D eigenvalue weighted by Crippen LogP contribution is -2.20. The molecule has 6 heteroatoms. The smallest absolute Gasteiger partial charge is 0.343 e. The number of ether oxygens (including phenoxy) is 3. The van der Waals surface area contributed by atoms with Gasteiger partial charge in [-0.15, -0.1) is 11.6 Å². The van der Waals surface area contributed by atoms with Crippen LogP contribution in [-0.2, 0) is 4.74 Å². The second kappa shape index (κ2) is 11.5. The van der Waals surface area contributed by atoms with E-state index in [4.69, 9.17) is 25.8 Å². The highest BCUT2D eigenvalue weighted by molar-refractivity contribution is 6.21. The van der Waals surface area contributed by atoms with Crippen molar-refractivity contribution in [2.75, 3.05) is 13.2 Å². The van der Waals surface area contributed by atoms with Crippen LogP contribution >= 0.6 is 11.6 Å². The molecule has 0 N–H and O–H groups in total. The molecule has 0 fully saturated rings. The third-order valence-corrected chi connectivity index (χ3v) is 5.91. The topological polar surface area (TPSA) is 61.8 Å². The van der Waals surface area contributed by atoms with Gasteiger partial charge in [-0.1, -0.05) is 45.1 Å². The molecule has 3 aromatic rings. The average molecular weight is 467 g/mol. The number of halogens is 1. The second-order valence-electron chi connectivity index (χ2n) is 7.74. The molecule has 3 rings (SSSR count). The molecule has 33 heavy (non-hydrogen) atoms. The van der Waals surface area contributed by atoms with Gasteiger partial charge in [0, 0.05) is 0 Å². The van der Waals surface area contributed by atoms with Crippen LogP contribution in [0.3, 0.4) is 0 Å². The Bertz CT molecular complexity index is 1120. The van der Waals surface area contributed by atoms with Gasteiger partial charge in [-0.2, -0.15) is 0 Å². The summed E-state index contributed by atoms with van der Waals surface area (Å²) in [7, 11) is 0. The fraction of sp³-hybridized carbons (Fsp3) is 0.259. The lowest BCUT2D eigenvalue weighted by atomic mass is 10.1. The molecule has 0 amide bonds. The first-order chi connectivity index (χ1) is 15.9. The van der Waals surface area contributed by atoms with E-state index in [9.17, 15) is 9.59 Å². The summed E-state index contributed by atoms with van der Waals surface area (Å²) in [4.78, 5) is 24.8. The highest BCUT2D eigenvalue weighted by atomic mass is 35.5. The maximum atomic E-state index is 12.6. The lowest BCUT2D eigenvalue weighted by molar-refractivity contribution is 0.0489. The number of esters is 2. The van der Waals surface area contributed by atoms with E-state index >= 15 is 0 Å². The van der Waals surface area contributed by atoms with Gasteiger partial charge in [0.05, 0.1) is 16.5 Å². The Labute approximate surface area is 198 Å². The maximum absolute atomic E-state index is 12.6. The summed E-state index contributed by atoms with van der Waals surface area (Å²) in [5.41, 5.74) is 0.784. The van der Waals surface area contributed by atoms with Gasteiger partial charge in [-0.05, 0) is 65.2 Å². The summed E-state index contributed by atoms with van der Waals surface area (Å²) in [5.74, 6) is 0.368. The predicted octanol–water partition coefficient (Wildman–Crippen LogP) is 6.43. The van der Waals surface area contributed by atoms with Gasteiger partial charge in [0.1, 0.15) is 24.7 Å². The fourth-order valence-electron chi connectivity index (χ4n) is 3.08. The van der Waals surface area contributed by atoms with Crippen LogP contribution in [0.25, 0.3) is 10.8 Å². The Balaban J connectivity index is 1.61. The van der Waals surface area contributed by atoms with E-state index in [0.29, 0.717) is 23.5 Å². The molecule has 2 atom stereocenters. The van der Waals surface area contributed by atoms with Crippen LogP contribution in [0.5, 0.6) is 11.5 Å². The molecular formula is C27H27ClO5. The number of hydrogen-bond donors (Lipinski definition) is 0. The van der Waals surface area contributed by atoms with E-state index in [-0.39, 0.29) is 17.9 Å². The molecule has 0 spiro atoms. The number of carbonyl (C=O) groups is 2. The average Bonchev–Trinajstić information content (AvgIpc) is 2.85. The number of hydrogen-bond acceptors (Lipinski definition) is 5. The second-order valence-corrected chi connectivity index (χ2v) is 8.30. The molecule has 0 saturated carbocycles. The van der Waals surface area contributed by atoms with Crippen molar-refractivity contribution in [1.82, 2.24) is 0 Å². The zero-order valence-corrected chi connectivity index (χ0v) is 19.5. The largest absolute Gasteiger partial charge is 0.490 e. The molecule has 0 bridgehead atoms. The number of rotatable bonds is 10. The van der Waals surface area contributed by atoms with Gasteiger partial charge in [0.2, 0.25) is 0 Å². The van der Waals surface area contributed by atoms with Crippen molar-refractivity contribution in [2.24, 2.45) is 5.92 Å². The molecule has 0 heterocycles.